The summed E-state index contributed by atoms with van der Waals surface area (Å²) in [6.07, 6.45) is 6.77. The van der Waals surface area contributed by atoms with E-state index >= 15 is 0 Å². The molecule has 2 rings (SSSR count). The Labute approximate surface area is 88.6 Å². The Morgan fingerprint density at radius 1 is 1.60 bits per heavy atom. The van der Waals surface area contributed by atoms with Crippen LogP contribution < -0.4 is 10.6 Å². The van der Waals surface area contributed by atoms with Crippen molar-refractivity contribution in [1.29, 1.82) is 0 Å². The van der Waals surface area contributed by atoms with Crippen LogP contribution in [0.25, 0.3) is 0 Å². The monoisotopic (exact) mass is 208 g/mol. The molecule has 0 saturated carbocycles. The Hall–Kier alpha value is -1.36. The highest BCUT2D eigenvalue weighted by atomic mass is 16.1. The predicted octanol–water partition coefficient (Wildman–Crippen LogP) is 0.282. The molecule has 0 spiro atoms. The second-order valence-electron chi connectivity index (χ2n) is 3.84. The zero-order chi connectivity index (χ0) is 10.5. The molecule has 0 radical (unpaired) electrons. The van der Waals surface area contributed by atoms with Crippen molar-refractivity contribution in [2.75, 3.05) is 13.1 Å². The van der Waals surface area contributed by atoms with Crippen molar-refractivity contribution in [3.05, 3.63) is 18.0 Å². The number of nitrogens with one attached hydrogen (secondary N) is 3. The lowest BCUT2D eigenvalue weighted by atomic mass is 10.1. The van der Waals surface area contributed by atoms with Gasteiger partial charge in [-0.2, -0.15) is 5.10 Å². The number of H-pyrrole nitrogens is 1. The van der Waals surface area contributed by atoms with Gasteiger partial charge in [0.25, 0.3) is 5.91 Å². The summed E-state index contributed by atoms with van der Waals surface area (Å²) in [5.41, 5.74) is 0.589. The number of amides is 1. The summed E-state index contributed by atoms with van der Waals surface area (Å²) in [5.74, 6) is -0.0591. The third-order valence-electron chi connectivity index (χ3n) is 2.68. The summed E-state index contributed by atoms with van der Waals surface area (Å²) in [6, 6.07) is 0.426. The van der Waals surface area contributed by atoms with Crippen molar-refractivity contribution < 1.29 is 4.79 Å². The molecule has 1 aromatic heterocycles. The van der Waals surface area contributed by atoms with Crippen molar-refractivity contribution in [1.82, 2.24) is 20.8 Å². The molecule has 1 aliphatic rings. The van der Waals surface area contributed by atoms with Gasteiger partial charge in [-0.25, -0.2) is 0 Å². The molecule has 1 aliphatic heterocycles. The molecule has 0 bridgehead atoms. The van der Waals surface area contributed by atoms with E-state index in [9.17, 15) is 4.79 Å². The molecule has 5 heteroatoms. The maximum Gasteiger partial charge on any atom is 0.254 e. The highest BCUT2D eigenvalue weighted by Gasteiger charge is 2.14. The van der Waals surface area contributed by atoms with Crippen LogP contribution in [0.1, 0.15) is 29.6 Å². The van der Waals surface area contributed by atoms with Crippen molar-refractivity contribution in [2.45, 2.75) is 25.3 Å². The first kappa shape index (κ1) is 10.2. The Morgan fingerprint density at radius 3 is 3.20 bits per heavy atom. The molecule has 1 amide bonds. The number of hydrogen-bond acceptors (Lipinski definition) is 3. The Kier molecular flexibility index (Phi) is 3.34. The van der Waals surface area contributed by atoms with Gasteiger partial charge < -0.3 is 10.6 Å². The summed E-state index contributed by atoms with van der Waals surface area (Å²) >= 11 is 0. The van der Waals surface area contributed by atoms with Crippen LogP contribution >= 0.6 is 0 Å². The second kappa shape index (κ2) is 4.93. The zero-order valence-electron chi connectivity index (χ0n) is 8.62. The quantitative estimate of drug-likeness (QED) is 0.668. The maximum atomic E-state index is 11.5. The first-order valence-corrected chi connectivity index (χ1v) is 5.36. The molecule has 1 atom stereocenters. The summed E-state index contributed by atoms with van der Waals surface area (Å²) in [4.78, 5) is 11.5. The average Bonchev–Trinajstić information content (AvgIpc) is 2.81. The largest absolute Gasteiger partial charge is 0.350 e. The van der Waals surface area contributed by atoms with E-state index in [4.69, 9.17) is 0 Å². The first-order valence-electron chi connectivity index (χ1n) is 5.36. The summed E-state index contributed by atoms with van der Waals surface area (Å²) in [5, 5.41) is 12.6. The van der Waals surface area contributed by atoms with Crippen molar-refractivity contribution in [3.8, 4) is 0 Å². The van der Waals surface area contributed by atoms with Crippen molar-refractivity contribution in [2.24, 2.45) is 0 Å². The standard InChI is InChI=1S/C10H16N4O/c15-10(8-5-13-14-6-8)12-7-9-3-1-2-4-11-9/h5-6,9,11H,1-4,7H2,(H,12,15)(H,13,14). The Bertz CT molecular complexity index is 303. The van der Waals surface area contributed by atoms with E-state index < -0.39 is 0 Å². The molecule has 15 heavy (non-hydrogen) atoms. The number of carbonyl (C=O) groups excluding carboxylic acids is 1. The third kappa shape index (κ3) is 2.79. The minimum absolute atomic E-state index is 0.0591. The van der Waals surface area contributed by atoms with Crippen LogP contribution in [0, 0.1) is 0 Å². The molecule has 82 valence electrons. The van der Waals surface area contributed by atoms with E-state index in [0.29, 0.717) is 18.2 Å². The lowest BCUT2D eigenvalue weighted by molar-refractivity contribution is 0.0948. The molecule has 3 N–H and O–H groups in total. The predicted molar refractivity (Wildman–Crippen MR) is 56.6 cm³/mol. The van der Waals surface area contributed by atoms with Gasteiger partial charge in [0.15, 0.2) is 0 Å². The van der Waals surface area contributed by atoms with Gasteiger partial charge >= 0.3 is 0 Å². The van der Waals surface area contributed by atoms with Crippen LogP contribution in [0.3, 0.4) is 0 Å². The normalized spacial score (nSPS) is 21.2. The fourth-order valence-corrected chi connectivity index (χ4v) is 1.79. The molecular formula is C10H16N4O. The smallest absolute Gasteiger partial charge is 0.254 e. The lowest BCUT2D eigenvalue weighted by Gasteiger charge is -2.23. The van der Waals surface area contributed by atoms with E-state index in [-0.39, 0.29) is 5.91 Å². The van der Waals surface area contributed by atoms with Crippen LogP contribution in [0.5, 0.6) is 0 Å². The molecule has 0 aromatic carbocycles. The molecule has 5 nitrogen and oxygen atoms in total. The first-order chi connectivity index (χ1) is 7.36. The third-order valence-corrected chi connectivity index (χ3v) is 2.68. The number of aromatic nitrogens is 2. The van der Waals surface area contributed by atoms with Gasteiger partial charge in [0, 0.05) is 18.8 Å². The van der Waals surface area contributed by atoms with E-state index in [1.165, 1.54) is 19.0 Å². The number of aromatic amines is 1. The molecule has 1 aromatic rings. The second-order valence-corrected chi connectivity index (χ2v) is 3.84. The van der Waals surface area contributed by atoms with Gasteiger partial charge in [0.05, 0.1) is 11.8 Å². The minimum atomic E-state index is -0.0591. The van der Waals surface area contributed by atoms with E-state index in [0.717, 1.165) is 13.0 Å². The van der Waals surface area contributed by atoms with Gasteiger partial charge in [0.2, 0.25) is 0 Å². The lowest BCUT2D eigenvalue weighted by Crippen LogP contribution is -2.43. The van der Waals surface area contributed by atoms with Crippen molar-refractivity contribution >= 4 is 5.91 Å². The highest BCUT2D eigenvalue weighted by molar-refractivity contribution is 5.93. The molecule has 0 aliphatic carbocycles. The Morgan fingerprint density at radius 2 is 2.53 bits per heavy atom. The molecule has 1 unspecified atom stereocenters. The van der Waals surface area contributed by atoms with Crippen LogP contribution in [0.2, 0.25) is 0 Å². The molecule has 1 saturated heterocycles. The van der Waals surface area contributed by atoms with E-state index in [2.05, 4.69) is 20.8 Å². The highest BCUT2D eigenvalue weighted by Crippen LogP contribution is 2.05. The average molecular weight is 208 g/mol. The SMILES string of the molecule is O=C(NCC1CCCCN1)c1cn[nH]c1. The maximum absolute atomic E-state index is 11.5. The minimum Gasteiger partial charge on any atom is -0.350 e. The number of piperidine rings is 1. The van der Waals surface area contributed by atoms with Gasteiger partial charge in [-0.1, -0.05) is 6.42 Å². The van der Waals surface area contributed by atoms with Gasteiger partial charge in [-0.3, -0.25) is 9.89 Å². The fourth-order valence-electron chi connectivity index (χ4n) is 1.79. The number of nitrogens with zero attached hydrogens (tertiary/aromatic N) is 1. The van der Waals surface area contributed by atoms with Crippen LogP contribution in [0.4, 0.5) is 0 Å². The van der Waals surface area contributed by atoms with Gasteiger partial charge in [0.1, 0.15) is 0 Å². The topological polar surface area (TPSA) is 69.8 Å². The van der Waals surface area contributed by atoms with Gasteiger partial charge in [-0.15, -0.1) is 0 Å². The molecule has 2 heterocycles. The summed E-state index contributed by atoms with van der Waals surface area (Å²) in [7, 11) is 0. The Balaban J connectivity index is 1.75. The molecule has 1 fully saturated rings. The summed E-state index contributed by atoms with van der Waals surface area (Å²) < 4.78 is 0. The summed E-state index contributed by atoms with van der Waals surface area (Å²) in [6.45, 7) is 1.76. The van der Waals surface area contributed by atoms with E-state index in [1.807, 2.05) is 0 Å². The van der Waals surface area contributed by atoms with E-state index in [1.54, 1.807) is 6.20 Å². The van der Waals surface area contributed by atoms with Crippen LogP contribution in [-0.4, -0.2) is 35.2 Å². The number of hydrogen-bond donors (Lipinski definition) is 3. The van der Waals surface area contributed by atoms with Crippen LogP contribution in [-0.2, 0) is 0 Å². The number of rotatable bonds is 3. The van der Waals surface area contributed by atoms with Crippen molar-refractivity contribution in [3.63, 3.8) is 0 Å². The van der Waals surface area contributed by atoms with Crippen LogP contribution in [0.15, 0.2) is 12.4 Å². The number of carbonyl (C=O) groups is 1. The molecular weight excluding hydrogens is 192 g/mol. The fraction of sp³-hybridized carbons (Fsp3) is 0.600. The van der Waals surface area contributed by atoms with Gasteiger partial charge in [-0.05, 0) is 19.4 Å². The zero-order valence-corrected chi connectivity index (χ0v) is 8.62.